The van der Waals surface area contributed by atoms with Crippen molar-refractivity contribution in [2.24, 2.45) is 0 Å². The largest absolute Gasteiger partial charge is 0.495 e. The van der Waals surface area contributed by atoms with Crippen LogP contribution in [0.3, 0.4) is 0 Å². The van der Waals surface area contributed by atoms with Gasteiger partial charge < -0.3 is 9.72 Å². The third kappa shape index (κ3) is 1.56. The first kappa shape index (κ1) is 9.90. The number of pyridine rings is 1. The molecule has 1 radical (unpaired) electrons. The summed E-state index contributed by atoms with van der Waals surface area (Å²) in [7, 11) is 1.66. The summed E-state index contributed by atoms with van der Waals surface area (Å²) in [5, 5.41) is 1.09. The lowest BCUT2D eigenvalue weighted by Crippen LogP contribution is -1.86. The molecular formula is C14H11N2O. The summed E-state index contributed by atoms with van der Waals surface area (Å²) >= 11 is 0. The fourth-order valence-electron chi connectivity index (χ4n) is 1.98. The number of nitrogens with one attached hydrogen (secondary N) is 1. The zero-order valence-corrected chi connectivity index (χ0v) is 9.40. The Bertz CT molecular complexity index is 658. The van der Waals surface area contributed by atoms with Crippen molar-refractivity contribution in [3.05, 3.63) is 48.8 Å². The van der Waals surface area contributed by atoms with Crippen molar-refractivity contribution in [3.8, 4) is 16.9 Å². The molecule has 83 valence electrons. The van der Waals surface area contributed by atoms with E-state index in [1.54, 1.807) is 13.3 Å². The molecule has 1 aromatic carbocycles. The molecule has 2 heterocycles. The van der Waals surface area contributed by atoms with Crippen molar-refractivity contribution in [3.63, 3.8) is 0 Å². The molecule has 0 amide bonds. The Balaban J connectivity index is 2.27. The molecular weight excluding hydrogens is 212 g/mol. The van der Waals surface area contributed by atoms with Crippen LogP contribution < -0.4 is 4.74 Å². The van der Waals surface area contributed by atoms with Crippen molar-refractivity contribution in [1.29, 1.82) is 0 Å². The van der Waals surface area contributed by atoms with Gasteiger partial charge in [0.15, 0.2) is 0 Å². The van der Waals surface area contributed by atoms with Crippen LogP contribution in [-0.4, -0.2) is 17.1 Å². The summed E-state index contributed by atoms with van der Waals surface area (Å²) in [6.45, 7) is 0. The summed E-state index contributed by atoms with van der Waals surface area (Å²) in [6, 6.07) is 12.9. The molecule has 0 aliphatic heterocycles. The number of aromatic nitrogens is 2. The molecule has 3 aromatic rings. The Morgan fingerprint density at radius 2 is 2.18 bits per heavy atom. The molecule has 3 heteroatoms. The molecule has 1 N–H and O–H groups in total. The van der Waals surface area contributed by atoms with E-state index in [9.17, 15) is 0 Å². The molecule has 0 saturated carbocycles. The van der Waals surface area contributed by atoms with Gasteiger partial charge >= 0.3 is 0 Å². The van der Waals surface area contributed by atoms with Crippen LogP contribution in [0.15, 0.2) is 42.7 Å². The molecule has 0 atom stereocenters. The Hall–Kier alpha value is -2.29. The molecule has 2 aromatic heterocycles. The lowest BCUT2D eigenvalue weighted by atomic mass is 10.1. The van der Waals surface area contributed by atoms with Gasteiger partial charge in [-0.15, -0.1) is 0 Å². The highest BCUT2D eigenvalue weighted by molar-refractivity contribution is 5.95. The van der Waals surface area contributed by atoms with E-state index >= 15 is 0 Å². The van der Waals surface area contributed by atoms with Crippen molar-refractivity contribution < 1.29 is 4.74 Å². The molecule has 0 unspecified atom stereocenters. The number of H-pyrrole nitrogens is 1. The summed E-state index contributed by atoms with van der Waals surface area (Å²) in [5.41, 5.74) is 2.99. The summed E-state index contributed by atoms with van der Waals surface area (Å²) < 4.78 is 5.33. The van der Waals surface area contributed by atoms with E-state index in [1.807, 2.05) is 36.5 Å². The molecule has 0 spiro atoms. The summed E-state index contributed by atoms with van der Waals surface area (Å²) in [6.07, 6.45) is 3.72. The zero-order valence-electron chi connectivity index (χ0n) is 9.40. The molecule has 0 fully saturated rings. The van der Waals surface area contributed by atoms with Crippen LogP contribution in [-0.2, 0) is 0 Å². The molecule has 0 aliphatic rings. The molecule has 3 rings (SSSR count). The third-order valence-corrected chi connectivity index (χ3v) is 2.76. The maximum atomic E-state index is 5.33. The second-order valence-electron chi connectivity index (χ2n) is 3.72. The number of rotatable bonds is 2. The van der Waals surface area contributed by atoms with E-state index in [2.05, 4.69) is 16.0 Å². The molecule has 17 heavy (non-hydrogen) atoms. The van der Waals surface area contributed by atoms with Gasteiger partial charge in [0.05, 0.1) is 7.11 Å². The summed E-state index contributed by atoms with van der Waals surface area (Å²) in [5.74, 6) is 0.747. The maximum Gasteiger partial charge on any atom is 0.137 e. The number of para-hydroxylation sites is 1. The highest BCUT2D eigenvalue weighted by atomic mass is 16.5. The van der Waals surface area contributed by atoms with Crippen LogP contribution in [0.25, 0.3) is 22.2 Å². The van der Waals surface area contributed by atoms with E-state index in [0.29, 0.717) is 0 Å². The number of aromatic amines is 1. The first-order valence-electron chi connectivity index (χ1n) is 5.37. The first-order valence-corrected chi connectivity index (χ1v) is 5.37. The number of hydrogen-bond donors (Lipinski definition) is 1. The Kier molecular flexibility index (Phi) is 2.29. The second-order valence-corrected chi connectivity index (χ2v) is 3.72. The topological polar surface area (TPSA) is 37.9 Å². The Morgan fingerprint density at radius 3 is 3.06 bits per heavy atom. The fourth-order valence-corrected chi connectivity index (χ4v) is 1.98. The molecule has 0 saturated heterocycles. The van der Waals surface area contributed by atoms with Gasteiger partial charge in [0.2, 0.25) is 0 Å². The predicted octanol–water partition coefficient (Wildman–Crippen LogP) is 3.04. The standard InChI is InChI=1S/C14H11N2O/c1-17-13-7-3-2-5-10(13)12-9-16-14-11(12)6-4-8-15-14/h2-6,8-9H,1H3,(H,15,16). The maximum absolute atomic E-state index is 5.33. The van der Waals surface area contributed by atoms with E-state index in [0.717, 1.165) is 27.9 Å². The van der Waals surface area contributed by atoms with Gasteiger partial charge in [0.25, 0.3) is 0 Å². The number of methoxy groups -OCH3 is 1. The minimum Gasteiger partial charge on any atom is -0.495 e. The lowest BCUT2D eigenvalue weighted by molar-refractivity contribution is 0.415. The van der Waals surface area contributed by atoms with Crippen LogP contribution in [0.2, 0.25) is 0 Å². The smallest absolute Gasteiger partial charge is 0.137 e. The van der Waals surface area contributed by atoms with Gasteiger partial charge in [-0.3, -0.25) is 0 Å². The first-order chi connectivity index (χ1) is 8.40. The van der Waals surface area contributed by atoms with Crippen LogP contribution in [0, 0.1) is 6.07 Å². The molecule has 0 bridgehead atoms. The quantitative estimate of drug-likeness (QED) is 0.725. The van der Waals surface area contributed by atoms with E-state index in [-0.39, 0.29) is 0 Å². The highest BCUT2D eigenvalue weighted by Crippen LogP contribution is 2.33. The van der Waals surface area contributed by atoms with Crippen molar-refractivity contribution in [1.82, 2.24) is 9.97 Å². The van der Waals surface area contributed by atoms with E-state index in [1.165, 1.54) is 0 Å². The van der Waals surface area contributed by atoms with Gasteiger partial charge in [0, 0.05) is 35.0 Å². The highest BCUT2D eigenvalue weighted by Gasteiger charge is 2.10. The van der Waals surface area contributed by atoms with Crippen LogP contribution in [0.5, 0.6) is 5.75 Å². The van der Waals surface area contributed by atoms with Gasteiger partial charge in [-0.25, -0.2) is 4.98 Å². The Morgan fingerprint density at radius 1 is 1.24 bits per heavy atom. The van der Waals surface area contributed by atoms with Crippen LogP contribution in [0.1, 0.15) is 0 Å². The average Bonchev–Trinajstić information content (AvgIpc) is 2.82. The number of ether oxygens (including phenoxy) is 1. The lowest BCUT2D eigenvalue weighted by Gasteiger charge is -2.06. The monoisotopic (exact) mass is 223 g/mol. The van der Waals surface area contributed by atoms with Gasteiger partial charge in [-0.05, 0) is 12.1 Å². The third-order valence-electron chi connectivity index (χ3n) is 2.76. The van der Waals surface area contributed by atoms with Gasteiger partial charge in [0.1, 0.15) is 11.4 Å². The van der Waals surface area contributed by atoms with E-state index in [4.69, 9.17) is 4.74 Å². The SMILES string of the molecule is COc1[c]cccc1-c1c[nH]c2ncccc12. The van der Waals surface area contributed by atoms with E-state index < -0.39 is 0 Å². The van der Waals surface area contributed by atoms with Gasteiger partial charge in [-0.2, -0.15) is 0 Å². The predicted molar refractivity (Wildman–Crippen MR) is 66.9 cm³/mol. The van der Waals surface area contributed by atoms with Crippen molar-refractivity contribution >= 4 is 11.0 Å². The number of benzene rings is 1. The van der Waals surface area contributed by atoms with Crippen molar-refractivity contribution in [2.75, 3.05) is 7.11 Å². The number of nitrogens with zero attached hydrogens (tertiary/aromatic N) is 1. The fraction of sp³-hybridized carbons (Fsp3) is 0.0714. The second kappa shape index (κ2) is 3.94. The normalized spacial score (nSPS) is 10.6. The van der Waals surface area contributed by atoms with Crippen molar-refractivity contribution in [2.45, 2.75) is 0 Å². The minimum atomic E-state index is 0.747. The van der Waals surface area contributed by atoms with Crippen LogP contribution in [0.4, 0.5) is 0 Å². The average molecular weight is 223 g/mol. The Labute approximate surface area is 99.1 Å². The summed E-state index contributed by atoms with van der Waals surface area (Å²) in [4.78, 5) is 7.43. The van der Waals surface area contributed by atoms with Gasteiger partial charge in [-0.1, -0.05) is 18.2 Å². The number of fused-ring (bicyclic) bond motifs is 1. The zero-order chi connectivity index (χ0) is 11.7. The molecule has 0 aliphatic carbocycles. The minimum absolute atomic E-state index is 0.747. The molecule has 3 nitrogen and oxygen atoms in total. The van der Waals surface area contributed by atoms with Crippen LogP contribution >= 0.6 is 0 Å². The number of hydrogen-bond acceptors (Lipinski definition) is 2.